The van der Waals surface area contributed by atoms with Crippen LogP contribution >= 0.6 is 0 Å². The molecule has 0 spiro atoms. The molecular weight excluding hydrogens is 236 g/mol. The van der Waals surface area contributed by atoms with Crippen LogP contribution in [-0.4, -0.2) is 11.9 Å². The van der Waals surface area contributed by atoms with E-state index in [4.69, 9.17) is 5.26 Å². The highest BCUT2D eigenvalue weighted by Crippen LogP contribution is 2.14. The molecule has 2 aromatic rings. The lowest BCUT2D eigenvalue weighted by molar-refractivity contribution is -0.237. The molecule has 0 aliphatic rings. The molecule has 1 N–H and O–H groups in total. The third-order valence-electron chi connectivity index (χ3n) is 2.03. The number of hydrogen-bond acceptors (Lipinski definition) is 2. The lowest BCUT2D eigenvalue weighted by Gasteiger charge is -1.96. The van der Waals surface area contributed by atoms with Gasteiger partial charge in [-0.05, 0) is 24.6 Å². The molecule has 0 radical (unpaired) electrons. The van der Waals surface area contributed by atoms with Gasteiger partial charge in [0, 0.05) is 0 Å². The molecule has 2 heteroatoms. The van der Waals surface area contributed by atoms with E-state index in [1.807, 2.05) is 27.7 Å². The van der Waals surface area contributed by atoms with Crippen molar-refractivity contribution < 1.29 is 10.1 Å². The molecule has 19 heavy (non-hydrogen) atoms. The van der Waals surface area contributed by atoms with Gasteiger partial charge in [0.15, 0.2) is 0 Å². The predicted molar refractivity (Wildman–Crippen MR) is 85.6 cm³/mol. The zero-order chi connectivity index (χ0) is 15.1. The molecule has 0 fully saturated rings. The maximum Gasteiger partial charge on any atom is 0.0791 e. The van der Waals surface area contributed by atoms with Crippen molar-refractivity contribution in [3.63, 3.8) is 0 Å². The van der Waals surface area contributed by atoms with Gasteiger partial charge in [0.25, 0.3) is 0 Å². The van der Waals surface area contributed by atoms with Crippen LogP contribution in [0.25, 0.3) is 10.8 Å². The Morgan fingerprint density at radius 1 is 0.895 bits per heavy atom. The summed E-state index contributed by atoms with van der Waals surface area (Å²) in [6.07, 6.45) is 0. The molecule has 0 heterocycles. The van der Waals surface area contributed by atoms with Gasteiger partial charge in [-0.3, -0.25) is 5.26 Å². The number of hydrogen-bond donors (Lipinski definition) is 1. The smallest absolute Gasteiger partial charge is 0.0791 e. The van der Waals surface area contributed by atoms with Crippen LogP contribution < -0.4 is 0 Å². The van der Waals surface area contributed by atoms with Crippen LogP contribution in [0.15, 0.2) is 42.5 Å². The molecule has 0 bridgehead atoms. The maximum absolute atomic E-state index is 7.38. The second-order valence-electron chi connectivity index (χ2n) is 3.27. The van der Waals surface area contributed by atoms with Gasteiger partial charge in [-0.15, -0.1) is 0 Å². The molecule has 0 aliphatic heterocycles. The molecule has 2 rings (SSSR count). The van der Waals surface area contributed by atoms with Crippen molar-refractivity contribution in [2.24, 2.45) is 0 Å². The zero-order valence-corrected chi connectivity index (χ0v) is 13.1. The quantitative estimate of drug-likeness (QED) is 0.529. The third kappa shape index (κ3) is 9.23. The van der Waals surface area contributed by atoms with Gasteiger partial charge in [0.2, 0.25) is 0 Å². The molecule has 0 saturated heterocycles. The van der Waals surface area contributed by atoms with E-state index in [0.29, 0.717) is 6.61 Å². The highest BCUT2D eigenvalue weighted by atomic mass is 17.1. The molecule has 108 valence electrons. The highest BCUT2D eigenvalue weighted by molar-refractivity contribution is 5.82. The first-order chi connectivity index (χ1) is 9.27. The predicted octanol–water partition coefficient (Wildman–Crippen LogP) is 5.70. The largest absolute Gasteiger partial charge is 0.252 e. The van der Waals surface area contributed by atoms with E-state index in [-0.39, 0.29) is 0 Å². The minimum Gasteiger partial charge on any atom is -0.252 e. The first-order valence-corrected chi connectivity index (χ1v) is 6.99. The van der Waals surface area contributed by atoms with Crippen LogP contribution in [-0.2, 0) is 4.89 Å². The van der Waals surface area contributed by atoms with Crippen molar-refractivity contribution in [2.75, 3.05) is 6.61 Å². The monoisotopic (exact) mass is 264 g/mol. The Kier molecular flexibility index (Phi) is 15.4. The fraction of sp³-hybridized carbons (Fsp3) is 0.412. The Morgan fingerprint density at radius 3 is 1.84 bits per heavy atom. The van der Waals surface area contributed by atoms with Crippen molar-refractivity contribution in [2.45, 2.75) is 41.5 Å². The summed E-state index contributed by atoms with van der Waals surface area (Å²) in [6, 6.07) is 14.9. The molecule has 2 nitrogen and oxygen atoms in total. The Hall–Kier alpha value is -1.38. The topological polar surface area (TPSA) is 29.5 Å². The van der Waals surface area contributed by atoms with Crippen molar-refractivity contribution >= 4 is 10.8 Å². The molecular formula is C17H28O2. The first kappa shape index (κ1) is 19.9. The summed E-state index contributed by atoms with van der Waals surface area (Å²) in [7, 11) is 0. The molecule has 0 aliphatic carbocycles. The van der Waals surface area contributed by atoms with Crippen LogP contribution in [0.1, 0.15) is 40.2 Å². The number of rotatable bonds is 1. The van der Waals surface area contributed by atoms with Crippen molar-refractivity contribution in [1.82, 2.24) is 0 Å². The van der Waals surface area contributed by atoms with Crippen molar-refractivity contribution in [3.8, 4) is 0 Å². The fourth-order valence-electron chi connectivity index (χ4n) is 1.31. The summed E-state index contributed by atoms with van der Waals surface area (Å²) in [5.41, 5.74) is 1.32. The van der Waals surface area contributed by atoms with Gasteiger partial charge in [0.05, 0.1) is 6.61 Å². The van der Waals surface area contributed by atoms with Gasteiger partial charge in [-0.25, -0.2) is 4.89 Å². The Balaban J connectivity index is 0. The average Bonchev–Trinajstić information content (AvgIpc) is 2.51. The standard InChI is InChI=1S/C11H10.C2H6O2.2C2H6/c1-9-6-7-10-4-2-3-5-11(10)8-9;1-2-4-3;2*1-2/h2-8H,1H3;3H,2H2,1H3;2*1-2H3. The third-order valence-corrected chi connectivity index (χ3v) is 2.03. The lowest BCUT2D eigenvalue weighted by atomic mass is 10.1. The van der Waals surface area contributed by atoms with Gasteiger partial charge in [-0.1, -0.05) is 75.7 Å². The summed E-state index contributed by atoms with van der Waals surface area (Å²) in [4.78, 5) is 3.54. The molecule has 0 amide bonds. The van der Waals surface area contributed by atoms with E-state index >= 15 is 0 Å². The SMILES string of the molecule is CC.CC.CCOO.Cc1ccc2ccccc2c1. The zero-order valence-electron chi connectivity index (χ0n) is 13.1. The Labute approximate surface area is 118 Å². The van der Waals surface area contributed by atoms with E-state index in [1.165, 1.54) is 16.3 Å². The summed E-state index contributed by atoms with van der Waals surface area (Å²) in [6.45, 7) is 12.2. The number of aryl methyl sites for hydroxylation is 1. The van der Waals surface area contributed by atoms with Gasteiger partial charge in [-0.2, -0.15) is 0 Å². The summed E-state index contributed by atoms with van der Waals surface area (Å²) in [5.74, 6) is 0. The molecule has 2 aromatic carbocycles. The first-order valence-electron chi connectivity index (χ1n) is 6.99. The van der Waals surface area contributed by atoms with E-state index in [1.54, 1.807) is 6.92 Å². The normalized spacial score (nSPS) is 8.16. The van der Waals surface area contributed by atoms with Crippen molar-refractivity contribution in [1.29, 1.82) is 0 Å². The summed E-state index contributed by atoms with van der Waals surface area (Å²) >= 11 is 0. The second-order valence-corrected chi connectivity index (χ2v) is 3.27. The lowest BCUT2D eigenvalue weighted by Crippen LogP contribution is -1.74. The molecule has 0 aromatic heterocycles. The molecule has 0 atom stereocenters. The van der Waals surface area contributed by atoms with Crippen molar-refractivity contribution in [3.05, 3.63) is 48.0 Å². The van der Waals surface area contributed by atoms with E-state index in [9.17, 15) is 0 Å². The highest BCUT2D eigenvalue weighted by Gasteiger charge is 1.89. The van der Waals surface area contributed by atoms with E-state index in [2.05, 4.69) is 54.3 Å². The summed E-state index contributed by atoms with van der Waals surface area (Å²) in [5, 5.41) is 10.0. The van der Waals surface area contributed by atoms with Crippen LogP contribution in [0.3, 0.4) is 0 Å². The van der Waals surface area contributed by atoms with Crippen LogP contribution in [0.5, 0.6) is 0 Å². The maximum atomic E-state index is 7.38. The minimum atomic E-state index is 0.375. The van der Waals surface area contributed by atoms with Crippen LogP contribution in [0.2, 0.25) is 0 Å². The summed E-state index contributed by atoms with van der Waals surface area (Å²) < 4.78 is 0. The average molecular weight is 264 g/mol. The van der Waals surface area contributed by atoms with Gasteiger partial charge >= 0.3 is 0 Å². The van der Waals surface area contributed by atoms with Gasteiger partial charge < -0.3 is 0 Å². The Bertz CT molecular complexity index is 409. The van der Waals surface area contributed by atoms with Gasteiger partial charge in [0.1, 0.15) is 0 Å². The number of benzene rings is 2. The Morgan fingerprint density at radius 2 is 1.37 bits per heavy atom. The second kappa shape index (κ2) is 14.7. The molecule has 0 unspecified atom stereocenters. The van der Waals surface area contributed by atoms with Crippen LogP contribution in [0, 0.1) is 6.92 Å². The number of fused-ring (bicyclic) bond motifs is 1. The van der Waals surface area contributed by atoms with Crippen LogP contribution in [0.4, 0.5) is 0 Å². The molecule has 0 saturated carbocycles. The van der Waals surface area contributed by atoms with E-state index < -0.39 is 0 Å². The minimum absolute atomic E-state index is 0.375. The fourth-order valence-corrected chi connectivity index (χ4v) is 1.31. The van der Waals surface area contributed by atoms with E-state index in [0.717, 1.165) is 0 Å².